The van der Waals surface area contributed by atoms with Crippen LogP contribution in [-0.2, 0) is 4.84 Å². The molecule has 11 heavy (non-hydrogen) atoms. The molecule has 0 bridgehead atoms. The Bertz CT molecular complexity index is 117. The van der Waals surface area contributed by atoms with Crippen molar-refractivity contribution in [3.63, 3.8) is 0 Å². The third kappa shape index (κ3) is 1.72. The first-order valence-corrected chi connectivity index (χ1v) is 4.57. The van der Waals surface area contributed by atoms with Crippen molar-refractivity contribution in [1.29, 1.82) is 0 Å². The molecule has 1 heterocycles. The van der Waals surface area contributed by atoms with Crippen molar-refractivity contribution in [3.05, 3.63) is 0 Å². The summed E-state index contributed by atoms with van der Waals surface area (Å²) in [5.41, 5.74) is 3.02. The fraction of sp³-hybridized carbons (Fsp3) is 1.00. The zero-order chi connectivity index (χ0) is 7.52. The summed E-state index contributed by atoms with van der Waals surface area (Å²) in [6.45, 7) is 0.668. The lowest BCUT2D eigenvalue weighted by Crippen LogP contribution is -2.39. The Labute approximate surface area is 67.4 Å². The van der Waals surface area contributed by atoms with Crippen LogP contribution in [0, 0.1) is 5.92 Å². The SMILES string of the molecule is C1CCC(C2NCON2)CC1. The van der Waals surface area contributed by atoms with Gasteiger partial charge in [0.15, 0.2) is 0 Å². The van der Waals surface area contributed by atoms with Crippen molar-refractivity contribution in [2.24, 2.45) is 5.92 Å². The molecule has 2 N–H and O–H groups in total. The molecule has 2 aliphatic rings. The minimum Gasteiger partial charge on any atom is -0.285 e. The Balaban J connectivity index is 1.82. The number of hydroxylamine groups is 1. The second kappa shape index (κ2) is 3.52. The van der Waals surface area contributed by atoms with Gasteiger partial charge in [-0.1, -0.05) is 19.3 Å². The molecule has 3 heteroatoms. The van der Waals surface area contributed by atoms with E-state index in [0.717, 1.165) is 5.92 Å². The summed E-state index contributed by atoms with van der Waals surface area (Å²) in [6.07, 6.45) is 7.34. The van der Waals surface area contributed by atoms with Crippen molar-refractivity contribution < 1.29 is 4.84 Å². The first-order valence-electron chi connectivity index (χ1n) is 4.57. The van der Waals surface area contributed by atoms with Crippen LogP contribution in [0.5, 0.6) is 0 Å². The minimum absolute atomic E-state index is 0.426. The average Bonchev–Trinajstić information content (AvgIpc) is 2.58. The molecule has 0 aromatic heterocycles. The molecule has 64 valence electrons. The standard InChI is InChI=1S/C8H16N2O/c1-2-4-7(5-3-1)8-9-6-11-10-8/h7-10H,1-6H2. The van der Waals surface area contributed by atoms with Crippen molar-refractivity contribution >= 4 is 0 Å². The highest BCUT2D eigenvalue weighted by Crippen LogP contribution is 2.26. The van der Waals surface area contributed by atoms with Gasteiger partial charge in [0, 0.05) is 0 Å². The van der Waals surface area contributed by atoms with Gasteiger partial charge in [-0.05, 0) is 18.8 Å². The van der Waals surface area contributed by atoms with Crippen LogP contribution in [0.25, 0.3) is 0 Å². The fourth-order valence-corrected chi connectivity index (χ4v) is 2.03. The van der Waals surface area contributed by atoms with E-state index in [-0.39, 0.29) is 0 Å². The molecule has 1 unspecified atom stereocenters. The van der Waals surface area contributed by atoms with Gasteiger partial charge in [-0.3, -0.25) is 10.2 Å². The van der Waals surface area contributed by atoms with Gasteiger partial charge in [-0.15, -0.1) is 0 Å². The molecule has 0 amide bonds. The van der Waals surface area contributed by atoms with E-state index in [1.54, 1.807) is 0 Å². The highest BCUT2D eigenvalue weighted by molar-refractivity contribution is 4.76. The van der Waals surface area contributed by atoms with E-state index in [9.17, 15) is 0 Å². The van der Waals surface area contributed by atoms with E-state index in [0.29, 0.717) is 12.9 Å². The van der Waals surface area contributed by atoms with Crippen LogP contribution in [-0.4, -0.2) is 12.9 Å². The van der Waals surface area contributed by atoms with Gasteiger partial charge in [0.2, 0.25) is 0 Å². The summed E-state index contributed by atoms with van der Waals surface area (Å²) in [7, 11) is 0. The van der Waals surface area contributed by atoms with Gasteiger partial charge >= 0.3 is 0 Å². The number of nitrogens with one attached hydrogen (secondary N) is 2. The Hall–Kier alpha value is -0.120. The van der Waals surface area contributed by atoms with Crippen molar-refractivity contribution in [1.82, 2.24) is 10.8 Å². The highest BCUT2D eigenvalue weighted by atomic mass is 16.7. The van der Waals surface area contributed by atoms with E-state index in [2.05, 4.69) is 10.8 Å². The number of hydrogen-bond donors (Lipinski definition) is 2. The summed E-state index contributed by atoms with van der Waals surface area (Å²) in [5.74, 6) is 0.797. The number of hydrogen-bond acceptors (Lipinski definition) is 3. The molecule has 0 aromatic rings. The topological polar surface area (TPSA) is 33.3 Å². The predicted molar refractivity (Wildman–Crippen MR) is 42.6 cm³/mol. The van der Waals surface area contributed by atoms with Crippen LogP contribution >= 0.6 is 0 Å². The zero-order valence-electron chi connectivity index (χ0n) is 6.81. The molecule has 2 rings (SSSR count). The van der Waals surface area contributed by atoms with E-state index < -0.39 is 0 Å². The molecule has 1 saturated heterocycles. The minimum atomic E-state index is 0.426. The molecule has 0 spiro atoms. The molecule has 1 atom stereocenters. The van der Waals surface area contributed by atoms with Gasteiger partial charge in [0.25, 0.3) is 0 Å². The molecular weight excluding hydrogens is 140 g/mol. The lowest BCUT2D eigenvalue weighted by Gasteiger charge is -2.26. The summed E-state index contributed by atoms with van der Waals surface area (Å²) < 4.78 is 0. The van der Waals surface area contributed by atoms with Gasteiger partial charge in [-0.2, -0.15) is 5.48 Å². The van der Waals surface area contributed by atoms with Gasteiger partial charge in [-0.25, -0.2) is 0 Å². The molecule has 1 saturated carbocycles. The first-order chi connectivity index (χ1) is 5.47. The Kier molecular flexibility index (Phi) is 2.41. The number of rotatable bonds is 1. The van der Waals surface area contributed by atoms with Gasteiger partial charge in [0.1, 0.15) is 6.73 Å². The van der Waals surface area contributed by atoms with E-state index in [1.807, 2.05) is 0 Å². The monoisotopic (exact) mass is 156 g/mol. The third-order valence-corrected chi connectivity index (χ3v) is 2.71. The van der Waals surface area contributed by atoms with E-state index in [4.69, 9.17) is 4.84 Å². The smallest absolute Gasteiger partial charge is 0.120 e. The Morgan fingerprint density at radius 2 is 1.91 bits per heavy atom. The van der Waals surface area contributed by atoms with Crippen LogP contribution in [0.3, 0.4) is 0 Å². The lowest BCUT2D eigenvalue weighted by atomic mass is 9.87. The van der Waals surface area contributed by atoms with E-state index >= 15 is 0 Å². The second-order valence-electron chi connectivity index (χ2n) is 3.49. The molecule has 0 aromatic carbocycles. The molecular formula is C8H16N2O. The van der Waals surface area contributed by atoms with Crippen LogP contribution in [0.15, 0.2) is 0 Å². The average molecular weight is 156 g/mol. The largest absolute Gasteiger partial charge is 0.285 e. The molecule has 1 aliphatic carbocycles. The van der Waals surface area contributed by atoms with Crippen molar-refractivity contribution in [2.45, 2.75) is 38.3 Å². The van der Waals surface area contributed by atoms with Crippen molar-refractivity contribution in [2.75, 3.05) is 6.73 Å². The fourth-order valence-electron chi connectivity index (χ4n) is 2.03. The summed E-state index contributed by atoms with van der Waals surface area (Å²) in [4.78, 5) is 5.05. The third-order valence-electron chi connectivity index (χ3n) is 2.71. The summed E-state index contributed by atoms with van der Waals surface area (Å²) >= 11 is 0. The Morgan fingerprint density at radius 1 is 1.09 bits per heavy atom. The Morgan fingerprint density at radius 3 is 2.55 bits per heavy atom. The molecule has 1 aliphatic heterocycles. The predicted octanol–water partition coefficient (Wildman–Crippen LogP) is 0.975. The maximum atomic E-state index is 5.05. The van der Waals surface area contributed by atoms with Crippen LogP contribution < -0.4 is 10.8 Å². The van der Waals surface area contributed by atoms with Crippen LogP contribution in [0.4, 0.5) is 0 Å². The molecule has 2 fully saturated rings. The summed E-state index contributed by atoms with van der Waals surface area (Å²) in [5, 5.41) is 3.29. The van der Waals surface area contributed by atoms with E-state index in [1.165, 1.54) is 32.1 Å². The first kappa shape index (κ1) is 7.53. The van der Waals surface area contributed by atoms with Crippen molar-refractivity contribution in [3.8, 4) is 0 Å². The zero-order valence-corrected chi connectivity index (χ0v) is 6.81. The summed E-state index contributed by atoms with van der Waals surface area (Å²) in [6, 6.07) is 0. The molecule has 3 nitrogen and oxygen atoms in total. The lowest BCUT2D eigenvalue weighted by molar-refractivity contribution is 0.0725. The van der Waals surface area contributed by atoms with Gasteiger partial charge in [0.05, 0.1) is 6.17 Å². The quantitative estimate of drug-likeness (QED) is 0.593. The van der Waals surface area contributed by atoms with Gasteiger partial charge < -0.3 is 0 Å². The van der Waals surface area contributed by atoms with Crippen LogP contribution in [0.2, 0.25) is 0 Å². The normalized spacial score (nSPS) is 34.4. The molecule has 0 radical (unpaired) electrons. The van der Waals surface area contributed by atoms with Crippen LogP contribution in [0.1, 0.15) is 32.1 Å². The maximum absolute atomic E-state index is 5.05. The second-order valence-corrected chi connectivity index (χ2v) is 3.49. The highest BCUT2D eigenvalue weighted by Gasteiger charge is 2.25. The maximum Gasteiger partial charge on any atom is 0.120 e.